The summed E-state index contributed by atoms with van der Waals surface area (Å²) in [6.07, 6.45) is 5.40. The van der Waals surface area contributed by atoms with Crippen LogP contribution in [0.15, 0.2) is 54.6 Å². The van der Waals surface area contributed by atoms with Crippen LogP contribution in [0.5, 0.6) is 0 Å². The minimum Gasteiger partial charge on any atom is -0.329 e. The van der Waals surface area contributed by atoms with Crippen LogP contribution in [0.3, 0.4) is 0 Å². The molecule has 0 aromatic heterocycles. The molecule has 2 heteroatoms. The molecule has 0 amide bonds. The van der Waals surface area contributed by atoms with Gasteiger partial charge in [-0.05, 0) is 23.6 Å². The molecule has 2 rings (SSSR count). The first-order valence-corrected chi connectivity index (χ1v) is 6.82. The minimum atomic E-state index is 0.0114. The Morgan fingerprint density at radius 3 is 2.20 bits per heavy atom. The van der Waals surface area contributed by atoms with Crippen molar-refractivity contribution in [3.63, 3.8) is 0 Å². The summed E-state index contributed by atoms with van der Waals surface area (Å²) in [6.45, 7) is 2.48. The second-order valence-corrected chi connectivity index (χ2v) is 4.83. The van der Waals surface area contributed by atoms with Crippen molar-refractivity contribution in [2.45, 2.75) is 19.0 Å². The lowest BCUT2D eigenvalue weighted by molar-refractivity contribution is 0.518. The highest BCUT2D eigenvalue weighted by Crippen LogP contribution is 2.21. The smallest absolute Gasteiger partial charge is 0.0663 e. The monoisotopic (exact) mass is 264 g/mol. The zero-order chi connectivity index (χ0) is 14.4. The van der Waals surface area contributed by atoms with E-state index in [-0.39, 0.29) is 12.1 Å². The van der Waals surface area contributed by atoms with Crippen LogP contribution in [-0.4, -0.2) is 12.6 Å². The van der Waals surface area contributed by atoms with E-state index >= 15 is 0 Å². The van der Waals surface area contributed by atoms with Gasteiger partial charge in [0.05, 0.1) is 6.04 Å². The maximum Gasteiger partial charge on any atom is 0.0663 e. The van der Waals surface area contributed by atoms with Crippen LogP contribution < -0.4 is 11.1 Å². The summed E-state index contributed by atoms with van der Waals surface area (Å²) < 4.78 is 0. The van der Waals surface area contributed by atoms with E-state index < -0.39 is 0 Å². The van der Waals surface area contributed by atoms with E-state index in [4.69, 9.17) is 12.2 Å². The molecule has 102 valence electrons. The molecule has 0 saturated carbocycles. The van der Waals surface area contributed by atoms with Crippen molar-refractivity contribution in [3.05, 3.63) is 60.2 Å². The second kappa shape index (κ2) is 6.91. The van der Waals surface area contributed by atoms with E-state index in [0.717, 1.165) is 5.56 Å². The lowest BCUT2D eigenvalue weighted by atomic mass is 10.0. The molecule has 0 bridgehead atoms. The molecule has 20 heavy (non-hydrogen) atoms. The summed E-state index contributed by atoms with van der Waals surface area (Å²) in [4.78, 5) is 0. The van der Waals surface area contributed by atoms with Crippen LogP contribution in [0.2, 0.25) is 0 Å². The largest absolute Gasteiger partial charge is 0.329 e. The Labute approximate surface area is 121 Å². The van der Waals surface area contributed by atoms with E-state index in [1.54, 1.807) is 0 Å². The average molecular weight is 264 g/mol. The molecule has 0 aliphatic heterocycles. The Morgan fingerprint density at radius 1 is 1.05 bits per heavy atom. The van der Waals surface area contributed by atoms with Crippen LogP contribution in [0.4, 0.5) is 0 Å². The lowest BCUT2D eigenvalue weighted by Gasteiger charge is -2.19. The third-order valence-corrected chi connectivity index (χ3v) is 3.36. The van der Waals surface area contributed by atoms with Crippen molar-refractivity contribution in [2.75, 3.05) is 6.54 Å². The van der Waals surface area contributed by atoms with Crippen LogP contribution in [0, 0.1) is 12.3 Å². The Morgan fingerprint density at radius 2 is 1.65 bits per heavy atom. The van der Waals surface area contributed by atoms with Gasteiger partial charge in [0.2, 0.25) is 0 Å². The summed E-state index contributed by atoms with van der Waals surface area (Å²) in [5, 5.41) is 3.33. The SMILES string of the molecule is C#CC(C)NC(CN)c1ccc(-c2ccccc2)cc1. The molecule has 0 aliphatic rings. The normalized spacial score (nSPS) is 13.4. The van der Waals surface area contributed by atoms with Gasteiger partial charge in [0.15, 0.2) is 0 Å². The number of rotatable bonds is 5. The third-order valence-electron chi connectivity index (χ3n) is 3.36. The number of nitrogens with one attached hydrogen (secondary N) is 1. The Bertz CT molecular complexity index is 567. The van der Waals surface area contributed by atoms with Gasteiger partial charge in [-0.1, -0.05) is 60.5 Å². The van der Waals surface area contributed by atoms with Gasteiger partial charge < -0.3 is 5.73 Å². The first kappa shape index (κ1) is 14.3. The van der Waals surface area contributed by atoms with Gasteiger partial charge >= 0.3 is 0 Å². The molecule has 2 aromatic rings. The Balaban J connectivity index is 2.17. The van der Waals surface area contributed by atoms with E-state index in [1.807, 2.05) is 25.1 Å². The van der Waals surface area contributed by atoms with Crippen molar-refractivity contribution in [2.24, 2.45) is 5.73 Å². The second-order valence-electron chi connectivity index (χ2n) is 4.83. The van der Waals surface area contributed by atoms with Crippen molar-refractivity contribution in [3.8, 4) is 23.5 Å². The molecule has 2 nitrogen and oxygen atoms in total. The first-order valence-electron chi connectivity index (χ1n) is 6.82. The molecule has 0 spiro atoms. The van der Waals surface area contributed by atoms with Gasteiger partial charge in [-0.3, -0.25) is 5.32 Å². The molecule has 2 atom stereocenters. The van der Waals surface area contributed by atoms with Gasteiger partial charge in [0, 0.05) is 12.6 Å². The fourth-order valence-corrected chi connectivity index (χ4v) is 2.19. The molecule has 0 aliphatic carbocycles. The van der Waals surface area contributed by atoms with Crippen LogP contribution in [0.25, 0.3) is 11.1 Å². The van der Waals surface area contributed by atoms with Gasteiger partial charge in [-0.25, -0.2) is 0 Å². The van der Waals surface area contributed by atoms with Gasteiger partial charge in [-0.2, -0.15) is 0 Å². The number of hydrogen-bond donors (Lipinski definition) is 2. The summed E-state index contributed by atoms with van der Waals surface area (Å²) in [7, 11) is 0. The maximum absolute atomic E-state index is 5.83. The summed E-state index contributed by atoms with van der Waals surface area (Å²) in [5.74, 6) is 2.67. The van der Waals surface area contributed by atoms with Gasteiger partial charge in [0.25, 0.3) is 0 Å². The predicted molar refractivity (Wildman–Crippen MR) is 85.1 cm³/mol. The molecule has 2 aromatic carbocycles. The van der Waals surface area contributed by atoms with Crippen LogP contribution >= 0.6 is 0 Å². The number of hydrogen-bond acceptors (Lipinski definition) is 2. The average Bonchev–Trinajstić information content (AvgIpc) is 2.53. The van der Waals surface area contributed by atoms with Gasteiger partial charge in [-0.15, -0.1) is 6.42 Å². The molecule has 3 N–H and O–H groups in total. The highest BCUT2D eigenvalue weighted by Gasteiger charge is 2.11. The molecule has 0 saturated heterocycles. The van der Waals surface area contributed by atoms with E-state index in [9.17, 15) is 0 Å². The zero-order valence-corrected chi connectivity index (χ0v) is 11.7. The summed E-state index contributed by atoms with van der Waals surface area (Å²) in [5.41, 5.74) is 9.41. The topological polar surface area (TPSA) is 38.0 Å². The quantitative estimate of drug-likeness (QED) is 0.815. The van der Waals surface area contributed by atoms with E-state index in [0.29, 0.717) is 6.54 Å². The van der Waals surface area contributed by atoms with Crippen molar-refractivity contribution in [1.82, 2.24) is 5.32 Å². The lowest BCUT2D eigenvalue weighted by Crippen LogP contribution is -2.34. The van der Waals surface area contributed by atoms with Gasteiger partial charge in [0.1, 0.15) is 0 Å². The van der Waals surface area contributed by atoms with Crippen molar-refractivity contribution in [1.29, 1.82) is 0 Å². The molecular weight excluding hydrogens is 244 g/mol. The molecule has 0 radical (unpaired) electrons. The summed E-state index contributed by atoms with van der Waals surface area (Å²) in [6, 6.07) is 18.9. The van der Waals surface area contributed by atoms with E-state index in [2.05, 4.69) is 47.6 Å². The molecule has 0 fully saturated rings. The van der Waals surface area contributed by atoms with Crippen LogP contribution in [-0.2, 0) is 0 Å². The Hall–Kier alpha value is -2.08. The number of benzene rings is 2. The van der Waals surface area contributed by atoms with Crippen LogP contribution in [0.1, 0.15) is 18.5 Å². The number of nitrogens with two attached hydrogens (primary N) is 1. The maximum atomic E-state index is 5.83. The fourth-order valence-electron chi connectivity index (χ4n) is 2.19. The Kier molecular flexibility index (Phi) is 4.95. The third kappa shape index (κ3) is 3.48. The van der Waals surface area contributed by atoms with E-state index in [1.165, 1.54) is 11.1 Å². The minimum absolute atomic E-state index is 0.0114. The standard InChI is InChI=1S/C18H20N2/c1-3-14(2)20-18(13-19)17-11-9-16(10-12-17)15-7-5-4-6-8-15/h1,4-12,14,18,20H,13,19H2,2H3. The predicted octanol–water partition coefficient (Wildman–Crippen LogP) is 2.96. The summed E-state index contributed by atoms with van der Waals surface area (Å²) >= 11 is 0. The van der Waals surface area contributed by atoms with Crippen molar-refractivity contribution < 1.29 is 0 Å². The molecule has 2 unspecified atom stereocenters. The molecule has 0 heterocycles. The zero-order valence-electron chi connectivity index (χ0n) is 11.7. The highest BCUT2D eigenvalue weighted by molar-refractivity contribution is 5.63. The fraction of sp³-hybridized carbons (Fsp3) is 0.222. The highest BCUT2D eigenvalue weighted by atomic mass is 15.0. The first-order chi connectivity index (χ1) is 9.74. The molecular formula is C18H20N2. The van der Waals surface area contributed by atoms with Crippen molar-refractivity contribution >= 4 is 0 Å². The number of terminal acetylenes is 1.